The fourth-order valence-corrected chi connectivity index (χ4v) is 2.50. The van der Waals surface area contributed by atoms with E-state index in [-0.39, 0.29) is 12.3 Å². The number of aryl methyl sites for hydroxylation is 1. The normalized spacial score (nSPS) is 13.2. The summed E-state index contributed by atoms with van der Waals surface area (Å²) in [5, 5.41) is 12.0. The molecule has 1 heterocycles. The topological polar surface area (TPSA) is 86.7 Å². The van der Waals surface area contributed by atoms with Gasteiger partial charge in [0, 0.05) is 5.69 Å². The summed E-state index contributed by atoms with van der Waals surface area (Å²) in [5.74, 6) is -1.32. The van der Waals surface area contributed by atoms with Crippen LogP contribution in [0.4, 0.5) is 5.69 Å². The van der Waals surface area contributed by atoms with Gasteiger partial charge in [0.2, 0.25) is 5.91 Å². The fraction of sp³-hybridized carbons (Fsp3) is 0.118. The largest absolute Gasteiger partial charge is 0.508 e. The number of fused-ring (bicyclic) bond motifs is 1. The summed E-state index contributed by atoms with van der Waals surface area (Å²) in [5.41, 5.74) is 1.82. The van der Waals surface area contributed by atoms with Crippen molar-refractivity contribution in [2.45, 2.75) is 6.92 Å². The van der Waals surface area contributed by atoms with Gasteiger partial charge in [0.15, 0.2) is 0 Å². The van der Waals surface area contributed by atoms with Crippen LogP contribution < -0.4 is 5.32 Å². The van der Waals surface area contributed by atoms with E-state index in [9.17, 15) is 19.5 Å². The second-order valence-electron chi connectivity index (χ2n) is 5.29. The van der Waals surface area contributed by atoms with E-state index in [1.54, 1.807) is 37.3 Å². The molecule has 3 rings (SSSR count). The highest BCUT2D eigenvalue weighted by atomic mass is 16.3. The first-order valence-electron chi connectivity index (χ1n) is 7.02. The molecule has 116 valence electrons. The first-order chi connectivity index (χ1) is 11.0. The Labute approximate surface area is 132 Å². The standard InChI is InChI=1S/C17H14N2O4/c1-10-8-11(20)6-7-14(10)18-15(21)9-19-16(22)12-4-2-3-5-13(12)17(19)23/h2-8,20H,9H2,1H3,(H,18,21). The Balaban J connectivity index is 1.74. The van der Waals surface area contributed by atoms with Crippen molar-refractivity contribution < 1.29 is 19.5 Å². The summed E-state index contributed by atoms with van der Waals surface area (Å²) in [4.78, 5) is 37.5. The van der Waals surface area contributed by atoms with Crippen LogP contribution in [0.3, 0.4) is 0 Å². The summed E-state index contributed by atoms with van der Waals surface area (Å²) < 4.78 is 0. The molecule has 23 heavy (non-hydrogen) atoms. The zero-order valence-electron chi connectivity index (χ0n) is 12.4. The van der Waals surface area contributed by atoms with E-state index in [1.165, 1.54) is 12.1 Å². The molecule has 6 heteroatoms. The number of imide groups is 1. The number of hydrogen-bond donors (Lipinski definition) is 2. The predicted octanol–water partition coefficient (Wildman–Crippen LogP) is 1.94. The van der Waals surface area contributed by atoms with Gasteiger partial charge in [-0.2, -0.15) is 0 Å². The van der Waals surface area contributed by atoms with Gasteiger partial charge >= 0.3 is 0 Å². The molecule has 0 saturated carbocycles. The maximum absolute atomic E-state index is 12.2. The van der Waals surface area contributed by atoms with E-state index in [0.717, 1.165) is 4.90 Å². The first-order valence-corrected chi connectivity index (χ1v) is 7.02. The number of rotatable bonds is 3. The van der Waals surface area contributed by atoms with Crippen molar-refractivity contribution >= 4 is 23.4 Å². The van der Waals surface area contributed by atoms with Gasteiger partial charge in [-0.25, -0.2) is 0 Å². The average Bonchev–Trinajstić information content (AvgIpc) is 2.76. The highest BCUT2D eigenvalue weighted by Crippen LogP contribution is 2.23. The zero-order chi connectivity index (χ0) is 16.6. The van der Waals surface area contributed by atoms with Crippen LogP contribution in [0.15, 0.2) is 42.5 Å². The highest BCUT2D eigenvalue weighted by molar-refractivity contribution is 6.22. The Hall–Kier alpha value is -3.15. The molecule has 0 unspecified atom stereocenters. The van der Waals surface area contributed by atoms with Crippen LogP contribution in [0.5, 0.6) is 5.75 Å². The lowest BCUT2D eigenvalue weighted by molar-refractivity contribution is -0.116. The molecule has 0 aromatic heterocycles. The van der Waals surface area contributed by atoms with Crippen LogP contribution in [0, 0.1) is 6.92 Å². The number of benzene rings is 2. The summed E-state index contributed by atoms with van der Waals surface area (Å²) in [6.45, 7) is 1.38. The molecule has 2 aromatic carbocycles. The lowest BCUT2D eigenvalue weighted by Crippen LogP contribution is -2.37. The minimum atomic E-state index is -0.478. The summed E-state index contributed by atoms with van der Waals surface area (Å²) in [6, 6.07) is 11.0. The Bertz CT molecular complexity index is 794. The molecule has 1 aliphatic heterocycles. The molecule has 0 bridgehead atoms. The summed E-state index contributed by atoms with van der Waals surface area (Å²) in [6.07, 6.45) is 0. The Kier molecular flexibility index (Phi) is 3.57. The number of aromatic hydroxyl groups is 1. The van der Waals surface area contributed by atoms with Gasteiger partial charge in [-0.3, -0.25) is 19.3 Å². The summed E-state index contributed by atoms with van der Waals surface area (Å²) >= 11 is 0. The average molecular weight is 310 g/mol. The van der Waals surface area contributed by atoms with Crippen molar-refractivity contribution in [1.82, 2.24) is 4.90 Å². The number of phenolic OH excluding ortho intramolecular Hbond substituents is 1. The van der Waals surface area contributed by atoms with Crippen molar-refractivity contribution in [2.24, 2.45) is 0 Å². The maximum Gasteiger partial charge on any atom is 0.262 e. The minimum absolute atomic E-state index is 0.0980. The third-order valence-corrected chi connectivity index (χ3v) is 3.66. The lowest BCUT2D eigenvalue weighted by atomic mass is 10.1. The zero-order valence-corrected chi connectivity index (χ0v) is 12.4. The van der Waals surface area contributed by atoms with Gasteiger partial charge in [0.25, 0.3) is 11.8 Å². The third kappa shape index (κ3) is 2.66. The van der Waals surface area contributed by atoms with E-state index in [2.05, 4.69) is 5.32 Å². The number of nitrogens with zero attached hydrogens (tertiary/aromatic N) is 1. The van der Waals surface area contributed by atoms with Gasteiger partial charge < -0.3 is 10.4 Å². The molecule has 0 spiro atoms. The number of nitrogens with one attached hydrogen (secondary N) is 1. The number of amides is 3. The van der Waals surface area contributed by atoms with Gasteiger partial charge in [0.1, 0.15) is 12.3 Å². The second kappa shape index (κ2) is 5.57. The highest BCUT2D eigenvalue weighted by Gasteiger charge is 2.36. The van der Waals surface area contributed by atoms with Gasteiger partial charge in [-0.05, 0) is 42.8 Å². The quantitative estimate of drug-likeness (QED) is 0.670. The molecule has 0 aliphatic carbocycles. The van der Waals surface area contributed by atoms with E-state index in [0.29, 0.717) is 22.4 Å². The van der Waals surface area contributed by atoms with E-state index in [1.807, 2.05) is 0 Å². The molecule has 6 nitrogen and oxygen atoms in total. The molecule has 2 N–H and O–H groups in total. The summed E-state index contributed by atoms with van der Waals surface area (Å²) in [7, 11) is 0. The van der Waals surface area contributed by atoms with Crippen molar-refractivity contribution in [3.05, 3.63) is 59.2 Å². The van der Waals surface area contributed by atoms with Gasteiger partial charge in [-0.1, -0.05) is 12.1 Å². The van der Waals surface area contributed by atoms with E-state index >= 15 is 0 Å². The van der Waals surface area contributed by atoms with Crippen molar-refractivity contribution in [3.8, 4) is 5.75 Å². The first kappa shape index (κ1) is 14.8. The van der Waals surface area contributed by atoms with Crippen LogP contribution in [0.1, 0.15) is 26.3 Å². The predicted molar refractivity (Wildman–Crippen MR) is 83.3 cm³/mol. The Morgan fingerprint density at radius 3 is 2.26 bits per heavy atom. The molecule has 0 atom stereocenters. The van der Waals surface area contributed by atoms with Crippen molar-refractivity contribution in [2.75, 3.05) is 11.9 Å². The van der Waals surface area contributed by atoms with Crippen LogP contribution in [-0.2, 0) is 4.79 Å². The molecule has 2 aromatic rings. The maximum atomic E-state index is 12.2. The van der Waals surface area contributed by atoms with Gasteiger partial charge in [0.05, 0.1) is 11.1 Å². The molecular formula is C17H14N2O4. The number of carbonyl (C=O) groups is 3. The minimum Gasteiger partial charge on any atom is -0.508 e. The van der Waals surface area contributed by atoms with Crippen molar-refractivity contribution in [1.29, 1.82) is 0 Å². The smallest absolute Gasteiger partial charge is 0.262 e. The molecule has 3 amide bonds. The number of anilines is 1. The van der Waals surface area contributed by atoms with E-state index < -0.39 is 17.7 Å². The Morgan fingerprint density at radius 1 is 1.09 bits per heavy atom. The second-order valence-corrected chi connectivity index (χ2v) is 5.29. The number of phenols is 1. The van der Waals surface area contributed by atoms with Crippen molar-refractivity contribution in [3.63, 3.8) is 0 Å². The number of hydrogen-bond acceptors (Lipinski definition) is 4. The lowest BCUT2D eigenvalue weighted by Gasteiger charge is -2.14. The van der Waals surface area contributed by atoms with Crippen LogP contribution in [0.2, 0.25) is 0 Å². The van der Waals surface area contributed by atoms with Gasteiger partial charge in [-0.15, -0.1) is 0 Å². The molecule has 0 saturated heterocycles. The molecule has 1 aliphatic rings. The fourth-order valence-electron chi connectivity index (χ4n) is 2.50. The molecule has 0 fully saturated rings. The monoisotopic (exact) mass is 310 g/mol. The molecule has 0 radical (unpaired) electrons. The van der Waals surface area contributed by atoms with Crippen LogP contribution in [0.25, 0.3) is 0 Å². The third-order valence-electron chi connectivity index (χ3n) is 3.66. The number of carbonyl (C=O) groups excluding carboxylic acids is 3. The SMILES string of the molecule is Cc1cc(O)ccc1NC(=O)CN1C(=O)c2ccccc2C1=O. The van der Waals surface area contributed by atoms with E-state index in [4.69, 9.17) is 0 Å². The Morgan fingerprint density at radius 2 is 1.70 bits per heavy atom. The van der Waals surface area contributed by atoms with Crippen LogP contribution in [-0.4, -0.2) is 34.3 Å². The molecular weight excluding hydrogens is 296 g/mol. The van der Waals surface area contributed by atoms with Crippen LogP contribution >= 0.6 is 0 Å².